The summed E-state index contributed by atoms with van der Waals surface area (Å²) >= 11 is 7.48. The van der Waals surface area contributed by atoms with Crippen LogP contribution in [0.1, 0.15) is 12.5 Å². The van der Waals surface area contributed by atoms with Crippen LogP contribution in [0.2, 0.25) is 5.02 Å². The first kappa shape index (κ1) is 19.8. The number of hydrogen-bond donors (Lipinski definition) is 1. The van der Waals surface area contributed by atoms with Crippen molar-refractivity contribution in [1.29, 1.82) is 0 Å². The molecule has 1 heterocycles. The van der Waals surface area contributed by atoms with Crippen LogP contribution < -0.4 is 10.1 Å². The fraction of sp³-hybridized carbons (Fsp3) is 0.0952. The van der Waals surface area contributed by atoms with Crippen LogP contribution >= 0.6 is 22.9 Å². The maximum Gasteiger partial charge on any atom is 0.272 e. The van der Waals surface area contributed by atoms with Gasteiger partial charge in [-0.1, -0.05) is 47.2 Å². The van der Waals surface area contributed by atoms with Crippen LogP contribution in [0.4, 0.5) is 5.69 Å². The summed E-state index contributed by atoms with van der Waals surface area (Å²) in [4.78, 5) is 28.4. The Balaban J connectivity index is 1.99. The van der Waals surface area contributed by atoms with Crippen LogP contribution in [-0.4, -0.2) is 16.4 Å². The van der Waals surface area contributed by atoms with Crippen LogP contribution in [0.25, 0.3) is 16.3 Å². The number of nitrogens with zero attached hydrogens (tertiary/aromatic N) is 2. The fourth-order valence-electron chi connectivity index (χ4n) is 2.65. The fourth-order valence-corrected chi connectivity index (χ4v) is 3.93. The maximum atomic E-state index is 12.4. The summed E-state index contributed by atoms with van der Waals surface area (Å²) in [5.74, 6) is -0.522. The van der Waals surface area contributed by atoms with Crippen molar-refractivity contribution in [3.05, 3.63) is 76.6 Å². The van der Waals surface area contributed by atoms with Crippen molar-refractivity contribution in [3.63, 3.8) is 0 Å². The van der Waals surface area contributed by atoms with Gasteiger partial charge < -0.3 is 9.88 Å². The third-order valence-electron chi connectivity index (χ3n) is 3.83. The molecule has 3 aromatic rings. The predicted molar refractivity (Wildman–Crippen MR) is 115 cm³/mol. The topological polar surface area (TPSA) is 63.5 Å². The number of allylic oxidation sites excluding steroid dienone is 1. The van der Waals surface area contributed by atoms with Gasteiger partial charge in [0.1, 0.15) is 0 Å². The highest BCUT2D eigenvalue weighted by atomic mass is 35.5. The molecule has 0 fully saturated rings. The molecule has 0 aliphatic carbocycles. The van der Waals surface area contributed by atoms with E-state index in [0.717, 1.165) is 15.8 Å². The average Bonchev–Trinajstić information content (AvgIpc) is 2.97. The van der Waals surface area contributed by atoms with Crippen molar-refractivity contribution in [3.8, 4) is 0 Å². The monoisotopic (exact) mass is 411 g/mol. The van der Waals surface area contributed by atoms with E-state index in [1.807, 2.05) is 41.0 Å². The highest BCUT2D eigenvalue weighted by Gasteiger charge is 2.08. The summed E-state index contributed by atoms with van der Waals surface area (Å²) in [7, 11) is 0. The second-order valence-corrected chi connectivity index (χ2v) is 7.37. The first-order chi connectivity index (χ1) is 13.5. The van der Waals surface area contributed by atoms with Gasteiger partial charge in [-0.3, -0.25) is 9.59 Å². The molecule has 3 rings (SSSR count). The zero-order valence-corrected chi connectivity index (χ0v) is 16.8. The lowest BCUT2D eigenvalue weighted by Crippen LogP contribution is -2.15. The van der Waals surface area contributed by atoms with Gasteiger partial charge in [-0.15, -0.1) is 6.58 Å². The highest BCUT2D eigenvalue weighted by molar-refractivity contribution is 7.16. The van der Waals surface area contributed by atoms with E-state index in [4.69, 9.17) is 11.6 Å². The number of rotatable bonds is 5. The molecule has 28 heavy (non-hydrogen) atoms. The van der Waals surface area contributed by atoms with Gasteiger partial charge >= 0.3 is 0 Å². The van der Waals surface area contributed by atoms with Crippen molar-refractivity contribution in [2.45, 2.75) is 13.5 Å². The van der Waals surface area contributed by atoms with E-state index in [-0.39, 0.29) is 11.8 Å². The zero-order chi connectivity index (χ0) is 20.1. The van der Waals surface area contributed by atoms with Gasteiger partial charge in [-0.2, -0.15) is 4.99 Å². The SMILES string of the molecule is C=CCn1c(=NC(=O)/C=C/c2ccccc2Cl)sc2cc(NC(C)=O)ccc21. The minimum Gasteiger partial charge on any atom is -0.326 e. The van der Waals surface area contributed by atoms with Crippen LogP contribution in [0.15, 0.2) is 66.2 Å². The molecule has 0 atom stereocenters. The Morgan fingerprint density at radius 2 is 2.07 bits per heavy atom. The largest absolute Gasteiger partial charge is 0.326 e. The van der Waals surface area contributed by atoms with Crippen molar-refractivity contribution < 1.29 is 9.59 Å². The molecule has 1 aromatic heterocycles. The maximum absolute atomic E-state index is 12.4. The zero-order valence-electron chi connectivity index (χ0n) is 15.2. The van der Waals surface area contributed by atoms with E-state index in [2.05, 4.69) is 16.9 Å². The molecule has 0 unspecified atom stereocenters. The summed E-state index contributed by atoms with van der Waals surface area (Å²) in [6.45, 7) is 5.75. The van der Waals surface area contributed by atoms with Crippen molar-refractivity contribution in [2.24, 2.45) is 4.99 Å². The molecular formula is C21H18ClN3O2S. The van der Waals surface area contributed by atoms with E-state index in [1.54, 1.807) is 18.2 Å². The summed E-state index contributed by atoms with van der Waals surface area (Å²) in [6.07, 6.45) is 4.79. The molecule has 0 aliphatic heterocycles. The number of amides is 2. The third kappa shape index (κ3) is 4.65. The lowest BCUT2D eigenvalue weighted by atomic mass is 10.2. The molecule has 2 amide bonds. The number of carbonyl (C=O) groups excluding carboxylic acids is 2. The number of fused-ring (bicyclic) bond motifs is 1. The first-order valence-electron chi connectivity index (χ1n) is 8.51. The Hall–Kier alpha value is -2.96. The number of anilines is 1. The summed E-state index contributed by atoms with van der Waals surface area (Å²) in [5.41, 5.74) is 2.37. The lowest BCUT2D eigenvalue weighted by molar-refractivity contribution is -0.114. The first-order valence-corrected chi connectivity index (χ1v) is 9.70. The molecule has 0 radical (unpaired) electrons. The van der Waals surface area contributed by atoms with Crippen LogP contribution in [0, 0.1) is 0 Å². The Kier molecular flexibility index (Phi) is 6.23. The number of halogens is 1. The standard InChI is InChI=1S/C21H18ClN3O2S/c1-3-12-25-18-10-9-16(23-14(2)26)13-19(18)28-21(25)24-20(27)11-8-15-6-4-5-7-17(15)22/h3-11,13H,1,12H2,2H3,(H,23,26)/b11-8+,24-21?. The van der Waals surface area contributed by atoms with Gasteiger partial charge in [-0.25, -0.2) is 0 Å². The molecule has 2 aromatic carbocycles. The van der Waals surface area contributed by atoms with E-state index >= 15 is 0 Å². The van der Waals surface area contributed by atoms with Gasteiger partial charge in [0.25, 0.3) is 5.91 Å². The van der Waals surface area contributed by atoms with Gasteiger partial charge in [0.15, 0.2) is 4.80 Å². The number of nitrogens with one attached hydrogen (secondary N) is 1. The minimum atomic E-state index is -0.383. The molecule has 0 aliphatic rings. The van der Waals surface area contributed by atoms with E-state index in [9.17, 15) is 9.59 Å². The second-order valence-electron chi connectivity index (χ2n) is 5.95. The average molecular weight is 412 g/mol. The summed E-state index contributed by atoms with van der Waals surface area (Å²) in [5, 5.41) is 3.33. The molecule has 0 saturated heterocycles. The van der Waals surface area contributed by atoms with Crippen molar-refractivity contribution in [2.75, 3.05) is 5.32 Å². The van der Waals surface area contributed by atoms with Gasteiger partial charge in [-0.05, 0) is 35.9 Å². The number of benzene rings is 2. The highest BCUT2D eigenvalue weighted by Crippen LogP contribution is 2.22. The molecule has 5 nitrogen and oxygen atoms in total. The predicted octanol–water partition coefficient (Wildman–Crippen LogP) is 4.64. The van der Waals surface area contributed by atoms with Crippen molar-refractivity contribution >= 4 is 56.7 Å². The lowest BCUT2D eigenvalue weighted by Gasteiger charge is -2.03. The van der Waals surface area contributed by atoms with Crippen LogP contribution in [-0.2, 0) is 16.1 Å². The van der Waals surface area contributed by atoms with E-state index in [0.29, 0.717) is 22.1 Å². The Bertz CT molecular complexity index is 1160. The smallest absolute Gasteiger partial charge is 0.272 e. The van der Waals surface area contributed by atoms with Crippen LogP contribution in [0.5, 0.6) is 0 Å². The summed E-state index contributed by atoms with van der Waals surface area (Å²) in [6, 6.07) is 12.8. The third-order valence-corrected chi connectivity index (χ3v) is 5.22. The van der Waals surface area contributed by atoms with Gasteiger partial charge in [0, 0.05) is 30.3 Å². The molecular weight excluding hydrogens is 394 g/mol. The summed E-state index contributed by atoms with van der Waals surface area (Å²) < 4.78 is 2.82. The molecule has 7 heteroatoms. The Morgan fingerprint density at radius 1 is 1.29 bits per heavy atom. The minimum absolute atomic E-state index is 0.139. The normalized spacial score (nSPS) is 11.9. The quantitative estimate of drug-likeness (QED) is 0.491. The molecule has 142 valence electrons. The van der Waals surface area contributed by atoms with Gasteiger partial charge in [0.2, 0.25) is 5.91 Å². The van der Waals surface area contributed by atoms with Crippen molar-refractivity contribution in [1.82, 2.24) is 4.57 Å². The molecule has 1 N–H and O–H groups in total. The Labute approximate surface area is 171 Å². The number of hydrogen-bond acceptors (Lipinski definition) is 3. The number of aromatic nitrogens is 1. The van der Waals surface area contributed by atoms with Crippen LogP contribution in [0.3, 0.4) is 0 Å². The van der Waals surface area contributed by atoms with Gasteiger partial charge in [0.05, 0.1) is 10.2 Å². The molecule has 0 spiro atoms. The Morgan fingerprint density at radius 3 is 2.79 bits per heavy atom. The number of carbonyl (C=O) groups is 2. The van der Waals surface area contributed by atoms with E-state index in [1.165, 1.54) is 24.3 Å². The molecule has 0 saturated carbocycles. The molecule has 0 bridgehead atoms. The second kappa shape index (κ2) is 8.82. The van der Waals surface area contributed by atoms with E-state index < -0.39 is 0 Å². The number of thiazole rings is 1.